The van der Waals surface area contributed by atoms with Crippen molar-refractivity contribution in [3.05, 3.63) is 42.5 Å². The van der Waals surface area contributed by atoms with Crippen LogP contribution in [0.3, 0.4) is 0 Å². The molecule has 7 atom stereocenters. The van der Waals surface area contributed by atoms with Gasteiger partial charge in [0, 0.05) is 25.8 Å². The third-order valence-electron chi connectivity index (χ3n) is 6.46. The van der Waals surface area contributed by atoms with Crippen LogP contribution in [0.15, 0.2) is 36.9 Å². The SMILES string of the molecule is CNc1ccccc1C(=O)NCCCCNP(=O)(O)OP(=O)(O)OP(=O)(O)OC[C@H]1O[C@@H](n2cnc3c(N)ncnc32)[C@H](O)[C@@H]1O. The number of carbonyl (C=O) groups excluding carboxylic acids is 1. The molecule has 1 aliphatic rings. The van der Waals surface area contributed by atoms with Gasteiger partial charge in [-0.15, -0.1) is 0 Å². The van der Waals surface area contributed by atoms with E-state index in [1.54, 1.807) is 31.3 Å². The molecule has 46 heavy (non-hydrogen) atoms. The van der Waals surface area contributed by atoms with Crippen LogP contribution >= 0.6 is 23.4 Å². The smallest absolute Gasteiger partial charge is 0.387 e. The number of nitrogen functional groups attached to an aromatic ring is 1. The maximum Gasteiger partial charge on any atom is 0.489 e. The molecule has 1 amide bonds. The number of para-hydroxylation sites is 1. The largest absolute Gasteiger partial charge is 0.489 e. The molecular weight excluding hydrogens is 677 g/mol. The van der Waals surface area contributed by atoms with E-state index in [1.165, 1.54) is 10.9 Å². The Bertz CT molecular complexity index is 1680. The predicted octanol–water partition coefficient (Wildman–Crippen LogP) is 0.220. The number of imidazole rings is 1. The average molecular weight is 710 g/mol. The number of phosphoric acid groups is 2. The van der Waals surface area contributed by atoms with Gasteiger partial charge in [0.25, 0.3) is 5.91 Å². The van der Waals surface area contributed by atoms with Crippen molar-refractivity contribution in [1.29, 1.82) is 0 Å². The highest BCUT2D eigenvalue weighted by Crippen LogP contribution is 2.66. The number of aliphatic hydroxyl groups excluding tert-OH is 2. The summed E-state index contributed by atoms with van der Waals surface area (Å²) in [5.74, 6) is -0.290. The van der Waals surface area contributed by atoms with Gasteiger partial charge in [0.2, 0.25) is 0 Å². The molecule has 1 aromatic carbocycles. The Morgan fingerprint density at radius 3 is 2.48 bits per heavy atom. The molecule has 0 aliphatic carbocycles. The van der Waals surface area contributed by atoms with E-state index >= 15 is 0 Å². The highest BCUT2D eigenvalue weighted by atomic mass is 31.3. The average Bonchev–Trinajstić information content (AvgIpc) is 3.53. The van der Waals surface area contributed by atoms with Gasteiger partial charge in [-0.05, 0) is 25.0 Å². The van der Waals surface area contributed by atoms with Crippen molar-refractivity contribution in [1.82, 2.24) is 29.9 Å². The number of nitrogens with two attached hydrogens (primary N) is 1. The minimum absolute atomic E-state index is 0.0429. The molecule has 24 heteroatoms. The molecule has 4 rings (SSSR count). The van der Waals surface area contributed by atoms with Crippen LogP contribution in [0.4, 0.5) is 11.5 Å². The summed E-state index contributed by atoms with van der Waals surface area (Å²) < 4.78 is 56.5. The number of fused-ring (bicyclic) bond motifs is 1. The molecule has 1 aliphatic heterocycles. The summed E-state index contributed by atoms with van der Waals surface area (Å²) in [6.45, 7) is -0.950. The number of amides is 1. The van der Waals surface area contributed by atoms with Crippen molar-refractivity contribution < 1.29 is 61.3 Å². The number of carbonyl (C=O) groups is 1. The van der Waals surface area contributed by atoms with Gasteiger partial charge in [0.1, 0.15) is 30.2 Å². The zero-order valence-corrected chi connectivity index (χ0v) is 26.7. The Kier molecular flexibility index (Phi) is 11.7. The summed E-state index contributed by atoms with van der Waals surface area (Å²) in [5.41, 5.74) is 7.14. The second-order valence-corrected chi connectivity index (χ2v) is 14.5. The molecule has 3 aromatic rings. The summed E-state index contributed by atoms with van der Waals surface area (Å²) in [7, 11) is -14.5. The molecule has 3 unspecified atom stereocenters. The molecule has 0 bridgehead atoms. The Morgan fingerprint density at radius 2 is 1.74 bits per heavy atom. The van der Waals surface area contributed by atoms with Gasteiger partial charge in [-0.2, -0.15) is 8.62 Å². The van der Waals surface area contributed by atoms with E-state index < -0.39 is 54.5 Å². The maximum atomic E-state index is 12.3. The fourth-order valence-electron chi connectivity index (χ4n) is 4.32. The summed E-state index contributed by atoms with van der Waals surface area (Å²) in [4.78, 5) is 53.8. The van der Waals surface area contributed by atoms with Crippen molar-refractivity contribution in [3.8, 4) is 0 Å². The molecule has 0 saturated carbocycles. The molecule has 1 saturated heterocycles. The van der Waals surface area contributed by atoms with Crippen molar-refractivity contribution in [2.45, 2.75) is 37.4 Å². The van der Waals surface area contributed by atoms with Crippen molar-refractivity contribution in [2.24, 2.45) is 0 Å². The van der Waals surface area contributed by atoms with Crippen LogP contribution in [-0.2, 0) is 31.6 Å². The zero-order valence-electron chi connectivity index (χ0n) is 24.0. The summed E-state index contributed by atoms with van der Waals surface area (Å²) >= 11 is 0. The number of phosphoric ester groups is 1. The van der Waals surface area contributed by atoms with Crippen LogP contribution in [0.1, 0.15) is 29.4 Å². The fraction of sp³-hybridized carbons (Fsp3) is 0.455. The van der Waals surface area contributed by atoms with Crippen LogP contribution in [0.25, 0.3) is 11.2 Å². The third-order valence-corrected chi connectivity index (χ3v) is 10.9. The standard InChI is InChI=1S/C22H33N8O13P3/c1-24-14-7-3-2-6-13(14)21(33)25-8-4-5-9-29-44(34,35)42-46(38,39)43-45(36,37)40-10-15-17(31)18(32)22(41-15)30-12-28-16-19(23)26-11-27-20(16)30/h2-3,6-7,11-12,15,17-18,22,24,31-32H,4-5,8-10H2,1H3,(H,25,33)(H,36,37)(H,38,39)(H2,23,26,27)(H2,29,34,35)/t15-,17-,18-,22-/m1/s1. The third kappa shape index (κ3) is 9.14. The van der Waals surface area contributed by atoms with Gasteiger partial charge >= 0.3 is 23.4 Å². The van der Waals surface area contributed by atoms with Gasteiger partial charge in [-0.25, -0.2) is 33.7 Å². The molecule has 1 fully saturated rings. The van der Waals surface area contributed by atoms with E-state index in [1.807, 2.05) is 5.09 Å². The zero-order chi connectivity index (χ0) is 33.7. The van der Waals surface area contributed by atoms with Crippen LogP contribution in [0.2, 0.25) is 0 Å². The van der Waals surface area contributed by atoms with Crippen molar-refractivity contribution in [2.75, 3.05) is 37.8 Å². The highest BCUT2D eigenvalue weighted by Gasteiger charge is 2.47. The first-order valence-electron chi connectivity index (χ1n) is 13.4. The van der Waals surface area contributed by atoms with Crippen molar-refractivity contribution in [3.63, 3.8) is 0 Å². The van der Waals surface area contributed by atoms with Gasteiger partial charge in [0.15, 0.2) is 17.7 Å². The molecule has 0 spiro atoms. The minimum atomic E-state index is -5.69. The van der Waals surface area contributed by atoms with E-state index in [2.05, 4.69) is 38.7 Å². The Morgan fingerprint density at radius 1 is 1.02 bits per heavy atom. The number of rotatable bonds is 16. The number of nitrogens with one attached hydrogen (secondary N) is 3. The lowest BCUT2D eigenvalue weighted by molar-refractivity contribution is -0.0503. The number of hydrogen-bond acceptors (Lipinski definition) is 15. The van der Waals surface area contributed by atoms with Gasteiger partial charge in [0.05, 0.1) is 18.5 Å². The molecule has 21 nitrogen and oxygen atoms in total. The van der Waals surface area contributed by atoms with Crippen LogP contribution in [0.5, 0.6) is 0 Å². The van der Waals surface area contributed by atoms with E-state index in [4.69, 9.17) is 10.5 Å². The lowest BCUT2D eigenvalue weighted by atomic mass is 10.1. The lowest BCUT2D eigenvalue weighted by Gasteiger charge is -2.20. The number of aromatic nitrogens is 4. The van der Waals surface area contributed by atoms with Crippen LogP contribution < -0.4 is 21.5 Å². The van der Waals surface area contributed by atoms with E-state index in [9.17, 15) is 43.4 Å². The molecule has 2 aromatic heterocycles. The van der Waals surface area contributed by atoms with Gasteiger partial charge in [-0.3, -0.25) is 13.9 Å². The molecule has 254 valence electrons. The summed E-state index contributed by atoms with van der Waals surface area (Å²) in [6.07, 6.45) is -3.14. The number of aliphatic hydroxyl groups is 2. The molecule has 3 heterocycles. The van der Waals surface area contributed by atoms with Crippen molar-refractivity contribution >= 4 is 52.0 Å². The van der Waals surface area contributed by atoms with Gasteiger partial charge in [-0.1, -0.05) is 12.1 Å². The fourth-order valence-corrected chi connectivity index (χ4v) is 8.07. The van der Waals surface area contributed by atoms with E-state index in [-0.39, 0.29) is 42.4 Å². The minimum Gasteiger partial charge on any atom is -0.387 e. The monoisotopic (exact) mass is 710 g/mol. The maximum absolute atomic E-state index is 12.3. The second kappa shape index (κ2) is 14.9. The number of unbranched alkanes of at least 4 members (excludes halogenated alkanes) is 1. The Labute approximate surface area is 260 Å². The number of anilines is 2. The lowest BCUT2D eigenvalue weighted by Crippen LogP contribution is -2.33. The quantitative estimate of drug-likeness (QED) is 0.0709. The van der Waals surface area contributed by atoms with Crippen LogP contribution in [0, 0.1) is 0 Å². The number of nitrogens with zero attached hydrogens (tertiary/aromatic N) is 4. The number of ether oxygens (including phenoxy) is 1. The predicted molar refractivity (Wildman–Crippen MR) is 159 cm³/mol. The summed E-state index contributed by atoms with van der Waals surface area (Å²) in [5, 5.41) is 28.4. The van der Waals surface area contributed by atoms with Crippen LogP contribution in [-0.4, -0.2) is 95.4 Å². The first kappa shape index (κ1) is 36.0. The number of benzene rings is 1. The topological polar surface area (TPSA) is 312 Å². The molecule has 0 radical (unpaired) electrons. The Balaban J connectivity index is 1.21. The normalized spacial score (nSPS) is 23.8. The Hall–Kier alpha value is -2.87. The second-order valence-electron chi connectivity index (χ2n) is 9.71. The summed E-state index contributed by atoms with van der Waals surface area (Å²) in [6, 6.07) is 6.84. The van der Waals surface area contributed by atoms with Gasteiger partial charge < -0.3 is 46.0 Å². The first-order chi connectivity index (χ1) is 21.6. The highest BCUT2D eigenvalue weighted by molar-refractivity contribution is 7.67. The number of hydrogen-bond donors (Lipinski definition) is 9. The first-order valence-corrected chi connectivity index (χ1v) is 18.0. The van der Waals surface area contributed by atoms with E-state index in [0.29, 0.717) is 17.7 Å². The molecule has 10 N–H and O–H groups in total. The van der Waals surface area contributed by atoms with E-state index in [0.717, 1.165) is 6.33 Å². The molecular formula is C22H33N8O13P3.